The van der Waals surface area contributed by atoms with E-state index in [0.717, 1.165) is 51.4 Å². The van der Waals surface area contributed by atoms with Crippen LogP contribution in [0.3, 0.4) is 0 Å². The van der Waals surface area contributed by atoms with E-state index in [1.54, 1.807) is 6.08 Å². The Morgan fingerprint density at radius 3 is 0.985 bits per heavy atom. The van der Waals surface area contributed by atoms with Crippen LogP contribution in [0, 0.1) is 0 Å². The van der Waals surface area contributed by atoms with E-state index in [-0.39, 0.29) is 6.61 Å². The minimum atomic E-state index is -1.11. The minimum absolute atomic E-state index is 0.382. The number of allylic oxidation sites excluding steroid dienone is 9. The van der Waals surface area contributed by atoms with Gasteiger partial charge in [0.1, 0.15) is 6.10 Å². The molecule has 68 heavy (non-hydrogen) atoms. The molecule has 4 N–H and O–H groups in total. The molecule has 0 aromatic rings. The van der Waals surface area contributed by atoms with Crippen LogP contribution in [0.5, 0.6) is 0 Å². The second kappa shape index (κ2) is 57.6. The summed E-state index contributed by atoms with van der Waals surface area (Å²) in [6, 6.07) is -0.823. The molecule has 0 rings (SSSR count). The van der Waals surface area contributed by atoms with Gasteiger partial charge < -0.3 is 20.6 Å². The predicted octanol–water partition coefficient (Wildman–Crippen LogP) is 19.0. The first-order valence-electron chi connectivity index (χ1n) is 30.1. The smallest absolute Gasteiger partial charge is 0.249 e. The first-order valence-corrected chi connectivity index (χ1v) is 30.1. The molecule has 0 spiro atoms. The number of hydrogen-bond donors (Lipinski definition) is 4. The third-order valence-electron chi connectivity index (χ3n) is 13.8. The number of carbonyl (C=O) groups is 1. The first kappa shape index (κ1) is 66.0. The molecule has 0 aliphatic rings. The highest BCUT2D eigenvalue weighted by atomic mass is 16.3. The van der Waals surface area contributed by atoms with Crippen LogP contribution >= 0.6 is 0 Å². The Balaban J connectivity index is 3.56. The van der Waals surface area contributed by atoms with Crippen LogP contribution in [0.25, 0.3) is 0 Å². The molecule has 1 amide bonds. The molecular formula is C63H117NO4. The predicted molar refractivity (Wildman–Crippen MR) is 300 cm³/mol. The van der Waals surface area contributed by atoms with Crippen molar-refractivity contribution in [2.24, 2.45) is 0 Å². The maximum absolute atomic E-state index is 12.5. The number of rotatable bonds is 55. The van der Waals surface area contributed by atoms with Gasteiger partial charge in [-0.3, -0.25) is 4.79 Å². The lowest BCUT2D eigenvalue weighted by Gasteiger charge is -2.21. The zero-order valence-electron chi connectivity index (χ0n) is 45.5. The molecule has 0 bridgehead atoms. The van der Waals surface area contributed by atoms with Gasteiger partial charge in [0.15, 0.2) is 0 Å². The highest BCUT2D eigenvalue weighted by Gasteiger charge is 2.22. The summed E-state index contributed by atoms with van der Waals surface area (Å²) < 4.78 is 0. The zero-order valence-corrected chi connectivity index (χ0v) is 45.5. The molecule has 0 aromatic carbocycles. The molecule has 3 atom stereocenters. The topological polar surface area (TPSA) is 89.8 Å². The maximum Gasteiger partial charge on any atom is 0.249 e. The van der Waals surface area contributed by atoms with Crippen LogP contribution in [0.1, 0.15) is 309 Å². The van der Waals surface area contributed by atoms with Gasteiger partial charge in [0.2, 0.25) is 5.91 Å². The minimum Gasteiger partial charge on any atom is -0.394 e. The number of hydrogen-bond acceptors (Lipinski definition) is 4. The van der Waals surface area contributed by atoms with Gasteiger partial charge >= 0.3 is 0 Å². The van der Waals surface area contributed by atoms with E-state index in [2.05, 4.69) is 67.8 Å². The van der Waals surface area contributed by atoms with Crippen molar-refractivity contribution in [2.45, 2.75) is 327 Å². The largest absolute Gasteiger partial charge is 0.394 e. The molecular weight excluding hydrogens is 835 g/mol. The van der Waals surface area contributed by atoms with Gasteiger partial charge in [-0.2, -0.15) is 0 Å². The van der Waals surface area contributed by atoms with Crippen LogP contribution in [0.4, 0.5) is 0 Å². The SMILES string of the molecule is CCCCCCCCCC/C=C/CC/C=C/CC/C=C/C(O)C(CO)NC(=O)C(O)CCCCCCCCCCCCCCCCCC/C=C\C/C=C\CCCCCCCCCCCCCCC. The molecule has 5 heteroatoms. The average molecular weight is 953 g/mol. The van der Waals surface area contributed by atoms with E-state index in [1.807, 2.05) is 6.08 Å². The lowest BCUT2D eigenvalue weighted by molar-refractivity contribution is -0.131. The third-order valence-corrected chi connectivity index (χ3v) is 13.8. The molecule has 3 unspecified atom stereocenters. The highest BCUT2D eigenvalue weighted by molar-refractivity contribution is 5.80. The average Bonchev–Trinajstić information content (AvgIpc) is 3.34. The van der Waals surface area contributed by atoms with E-state index in [0.29, 0.717) is 6.42 Å². The van der Waals surface area contributed by atoms with Crippen molar-refractivity contribution in [1.82, 2.24) is 5.32 Å². The summed E-state index contributed by atoms with van der Waals surface area (Å²) in [4.78, 5) is 12.5. The highest BCUT2D eigenvalue weighted by Crippen LogP contribution is 2.17. The zero-order chi connectivity index (χ0) is 49.3. The van der Waals surface area contributed by atoms with Crippen molar-refractivity contribution in [2.75, 3.05) is 6.61 Å². The number of unbranched alkanes of at least 4 members (excludes halogenated alkanes) is 39. The molecule has 0 heterocycles. The second-order valence-corrected chi connectivity index (χ2v) is 20.5. The number of carbonyl (C=O) groups excluding carboxylic acids is 1. The molecule has 5 nitrogen and oxygen atoms in total. The molecule has 0 fully saturated rings. The molecule has 0 aliphatic heterocycles. The lowest BCUT2D eigenvalue weighted by atomic mass is 10.0. The molecule has 0 radical (unpaired) electrons. The van der Waals surface area contributed by atoms with Crippen molar-refractivity contribution in [1.29, 1.82) is 0 Å². The lowest BCUT2D eigenvalue weighted by Crippen LogP contribution is -2.48. The standard InChI is InChI=1S/C63H117NO4/c1-3-5-7-9-11-13-15-17-19-21-23-24-25-26-27-28-29-30-31-32-33-34-35-36-37-38-39-40-42-44-46-48-50-52-54-56-58-62(67)63(68)64-60(59-65)61(66)57-55-53-51-49-47-45-43-41-22-20-18-16-14-12-10-8-6-4-2/h22,27-28,30-31,41,47,49,55,57,60-62,65-67H,3-21,23-26,29,32-40,42-46,48,50-54,56,58-59H2,1-2H3,(H,64,68)/b28-27-,31-30-,41-22+,49-47+,57-55+. The Hall–Kier alpha value is -1.95. The van der Waals surface area contributed by atoms with E-state index in [4.69, 9.17) is 0 Å². The van der Waals surface area contributed by atoms with Crippen LogP contribution < -0.4 is 5.32 Å². The summed E-state index contributed by atoms with van der Waals surface area (Å²) in [5, 5.41) is 33.3. The van der Waals surface area contributed by atoms with Gasteiger partial charge in [0.25, 0.3) is 0 Å². The number of aliphatic hydroxyl groups is 3. The Kier molecular flexibility index (Phi) is 56.0. The van der Waals surface area contributed by atoms with E-state index >= 15 is 0 Å². The van der Waals surface area contributed by atoms with Crippen LogP contribution in [0.15, 0.2) is 60.8 Å². The molecule has 0 saturated carbocycles. The summed E-state index contributed by atoms with van der Waals surface area (Å²) in [7, 11) is 0. The Morgan fingerprint density at radius 2 is 0.647 bits per heavy atom. The van der Waals surface area contributed by atoms with Gasteiger partial charge in [0.05, 0.1) is 18.8 Å². The molecule has 0 aromatic heterocycles. The van der Waals surface area contributed by atoms with E-state index in [9.17, 15) is 20.1 Å². The molecule has 0 aliphatic carbocycles. The Morgan fingerprint density at radius 1 is 0.368 bits per heavy atom. The molecule has 398 valence electrons. The number of amides is 1. The summed E-state index contributed by atoms with van der Waals surface area (Å²) in [6.45, 7) is 4.19. The fourth-order valence-corrected chi connectivity index (χ4v) is 9.13. The fourth-order valence-electron chi connectivity index (χ4n) is 9.13. The molecule has 0 saturated heterocycles. The van der Waals surface area contributed by atoms with Gasteiger partial charge in [-0.15, -0.1) is 0 Å². The summed E-state index contributed by atoms with van der Waals surface area (Å²) in [5.74, 6) is -0.515. The second-order valence-electron chi connectivity index (χ2n) is 20.5. The summed E-state index contributed by atoms with van der Waals surface area (Å²) in [5.41, 5.74) is 0. The van der Waals surface area contributed by atoms with Gasteiger partial charge in [0, 0.05) is 0 Å². The Labute approximate surface area is 424 Å². The normalized spacial score (nSPS) is 13.7. The first-order chi connectivity index (χ1) is 33.6. The number of nitrogens with one attached hydrogen (secondary N) is 1. The van der Waals surface area contributed by atoms with Crippen molar-refractivity contribution >= 4 is 5.91 Å². The van der Waals surface area contributed by atoms with Crippen LogP contribution in [-0.4, -0.2) is 46.1 Å². The summed E-state index contributed by atoms with van der Waals surface area (Å²) in [6.07, 6.45) is 78.9. The van der Waals surface area contributed by atoms with Gasteiger partial charge in [-0.05, 0) is 77.0 Å². The quantitative estimate of drug-likeness (QED) is 0.0361. The fraction of sp³-hybridized carbons (Fsp3) is 0.825. The van der Waals surface area contributed by atoms with Crippen molar-refractivity contribution in [3.8, 4) is 0 Å². The van der Waals surface area contributed by atoms with Crippen LogP contribution in [-0.2, 0) is 4.79 Å². The van der Waals surface area contributed by atoms with Gasteiger partial charge in [-0.25, -0.2) is 0 Å². The monoisotopic (exact) mass is 952 g/mol. The van der Waals surface area contributed by atoms with E-state index in [1.165, 1.54) is 238 Å². The Bertz CT molecular complexity index is 1140. The van der Waals surface area contributed by atoms with Crippen molar-refractivity contribution in [3.63, 3.8) is 0 Å². The van der Waals surface area contributed by atoms with E-state index < -0.39 is 24.2 Å². The number of aliphatic hydroxyl groups excluding tert-OH is 3. The van der Waals surface area contributed by atoms with Crippen LogP contribution in [0.2, 0.25) is 0 Å². The van der Waals surface area contributed by atoms with Gasteiger partial charge in [-0.1, -0.05) is 293 Å². The summed E-state index contributed by atoms with van der Waals surface area (Å²) >= 11 is 0. The van der Waals surface area contributed by atoms with Crippen molar-refractivity contribution < 1.29 is 20.1 Å². The van der Waals surface area contributed by atoms with Crippen molar-refractivity contribution in [3.05, 3.63) is 60.8 Å². The third kappa shape index (κ3) is 51.9. The maximum atomic E-state index is 12.5.